The predicted molar refractivity (Wildman–Crippen MR) is 84.2 cm³/mol. The van der Waals surface area contributed by atoms with Crippen molar-refractivity contribution in [2.45, 2.75) is 65.0 Å². The highest BCUT2D eigenvalue weighted by Crippen LogP contribution is 2.22. The van der Waals surface area contributed by atoms with Crippen LogP contribution in [-0.4, -0.2) is 35.1 Å². The standard InChI is InChI=1S/C16H28N4/c1-12(2)19-14-6-8-20(9-7-14)15-17-10-13(11-18-15)16(3,4)5/h10-12,14,19H,6-9H2,1-5H3. The zero-order valence-corrected chi connectivity index (χ0v) is 13.5. The lowest BCUT2D eigenvalue weighted by Gasteiger charge is -2.33. The first kappa shape index (κ1) is 15.2. The first-order valence-corrected chi connectivity index (χ1v) is 7.70. The molecule has 0 spiro atoms. The summed E-state index contributed by atoms with van der Waals surface area (Å²) in [4.78, 5) is 11.4. The van der Waals surface area contributed by atoms with E-state index in [1.165, 1.54) is 18.4 Å². The minimum Gasteiger partial charge on any atom is -0.341 e. The number of aromatic nitrogens is 2. The van der Waals surface area contributed by atoms with Gasteiger partial charge in [-0.1, -0.05) is 34.6 Å². The van der Waals surface area contributed by atoms with Crippen molar-refractivity contribution in [3.8, 4) is 0 Å². The van der Waals surface area contributed by atoms with Crippen LogP contribution in [0.4, 0.5) is 5.95 Å². The SMILES string of the molecule is CC(C)NC1CCN(c2ncc(C(C)(C)C)cn2)CC1. The van der Waals surface area contributed by atoms with Crippen LogP contribution in [-0.2, 0) is 5.41 Å². The Morgan fingerprint density at radius 2 is 1.70 bits per heavy atom. The summed E-state index contributed by atoms with van der Waals surface area (Å²) in [7, 11) is 0. The van der Waals surface area contributed by atoms with E-state index in [0.717, 1.165) is 19.0 Å². The zero-order valence-electron chi connectivity index (χ0n) is 13.5. The Hall–Kier alpha value is -1.16. The monoisotopic (exact) mass is 276 g/mol. The van der Waals surface area contributed by atoms with Crippen LogP contribution >= 0.6 is 0 Å². The molecule has 0 bridgehead atoms. The molecule has 1 fully saturated rings. The summed E-state index contributed by atoms with van der Waals surface area (Å²) in [6.45, 7) is 13.1. The Morgan fingerprint density at radius 1 is 1.15 bits per heavy atom. The van der Waals surface area contributed by atoms with E-state index >= 15 is 0 Å². The normalized spacial score (nSPS) is 17.8. The molecule has 112 valence electrons. The molecule has 1 aromatic rings. The molecule has 4 heteroatoms. The lowest BCUT2D eigenvalue weighted by molar-refractivity contribution is 0.385. The Balaban J connectivity index is 1.94. The molecule has 1 saturated heterocycles. The van der Waals surface area contributed by atoms with Gasteiger partial charge in [0.15, 0.2) is 0 Å². The van der Waals surface area contributed by atoms with E-state index in [2.05, 4.69) is 54.8 Å². The van der Waals surface area contributed by atoms with Crippen molar-refractivity contribution < 1.29 is 0 Å². The second kappa shape index (κ2) is 6.08. The summed E-state index contributed by atoms with van der Waals surface area (Å²) < 4.78 is 0. The van der Waals surface area contributed by atoms with E-state index in [0.29, 0.717) is 12.1 Å². The van der Waals surface area contributed by atoms with Gasteiger partial charge in [-0.3, -0.25) is 0 Å². The fraction of sp³-hybridized carbons (Fsp3) is 0.750. The van der Waals surface area contributed by atoms with Gasteiger partial charge in [-0.15, -0.1) is 0 Å². The molecule has 1 aliphatic heterocycles. The predicted octanol–water partition coefficient (Wildman–Crippen LogP) is 2.74. The van der Waals surface area contributed by atoms with E-state index in [9.17, 15) is 0 Å². The van der Waals surface area contributed by atoms with Gasteiger partial charge in [0.05, 0.1) is 0 Å². The molecule has 20 heavy (non-hydrogen) atoms. The largest absolute Gasteiger partial charge is 0.341 e. The topological polar surface area (TPSA) is 41.0 Å². The average Bonchev–Trinajstić information content (AvgIpc) is 2.38. The maximum Gasteiger partial charge on any atom is 0.225 e. The number of nitrogens with zero attached hydrogens (tertiary/aromatic N) is 3. The Labute approximate surface area is 123 Å². The summed E-state index contributed by atoms with van der Waals surface area (Å²) in [5.41, 5.74) is 1.31. The van der Waals surface area contributed by atoms with Gasteiger partial charge >= 0.3 is 0 Å². The summed E-state index contributed by atoms with van der Waals surface area (Å²) in [5.74, 6) is 0.876. The molecule has 4 nitrogen and oxygen atoms in total. The van der Waals surface area contributed by atoms with Crippen molar-refractivity contribution >= 4 is 5.95 Å². The molecule has 0 amide bonds. The van der Waals surface area contributed by atoms with Crippen LogP contribution in [0.2, 0.25) is 0 Å². The van der Waals surface area contributed by atoms with Crippen molar-refractivity contribution in [1.82, 2.24) is 15.3 Å². The number of nitrogens with one attached hydrogen (secondary N) is 1. The third-order valence-corrected chi connectivity index (χ3v) is 3.85. The van der Waals surface area contributed by atoms with E-state index in [1.54, 1.807) is 0 Å². The van der Waals surface area contributed by atoms with Crippen LogP contribution in [0.3, 0.4) is 0 Å². The Morgan fingerprint density at radius 3 is 2.15 bits per heavy atom. The first-order valence-electron chi connectivity index (χ1n) is 7.70. The third-order valence-electron chi connectivity index (χ3n) is 3.85. The molecule has 0 atom stereocenters. The van der Waals surface area contributed by atoms with E-state index < -0.39 is 0 Å². The number of hydrogen-bond acceptors (Lipinski definition) is 4. The average molecular weight is 276 g/mol. The number of rotatable bonds is 3. The second-order valence-corrected chi connectivity index (χ2v) is 7.10. The lowest BCUT2D eigenvalue weighted by atomic mass is 9.89. The van der Waals surface area contributed by atoms with Crippen LogP contribution in [0.5, 0.6) is 0 Å². The number of anilines is 1. The van der Waals surface area contributed by atoms with Gasteiger partial charge in [-0.2, -0.15) is 0 Å². The van der Waals surface area contributed by atoms with Gasteiger partial charge in [-0.05, 0) is 23.8 Å². The second-order valence-electron chi connectivity index (χ2n) is 7.10. The molecule has 2 rings (SSSR count). The van der Waals surface area contributed by atoms with Gasteiger partial charge in [-0.25, -0.2) is 9.97 Å². The first-order chi connectivity index (χ1) is 9.36. The minimum atomic E-state index is 0.118. The molecule has 1 aromatic heterocycles. The van der Waals surface area contributed by atoms with E-state index in [1.807, 2.05) is 12.4 Å². The van der Waals surface area contributed by atoms with Crippen molar-refractivity contribution in [2.24, 2.45) is 0 Å². The lowest BCUT2D eigenvalue weighted by Crippen LogP contribution is -2.45. The molecule has 0 saturated carbocycles. The summed E-state index contributed by atoms with van der Waals surface area (Å²) in [6, 6.07) is 1.20. The molecule has 2 heterocycles. The van der Waals surface area contributed by atoms with E-state index in [-0.39, 0.29) is 5.41 Å². The molecule has 1 aliphatic rings. The molecule has 0 aliphatic carbocycles. The zero-order chi connectivity index (χ0) is 14.8. The van der Waals surface area contributed by atoms with Crippen LogP contribution in [0.1, 0.15) is 53.0 Å². The quantitative estimate of drug-likeness (QED) is 0.921. The summed E-state index contributed by atoms with van der Waals surface area (Å²) in [6.07, 6.45) is 6.28. The maximum absolute atomic E-state index is 4.55. The van der Waals surface area contributed by atoms with Crippen LogP contribution in [0, 0.1) is 0 Å². The highest BCUT2D eigenvalue weighted by molar-refractivity contribution is 5.32. The van der Waals surface area contributed by atoms with Gasteiger partial charge in [0, 0.05) is 37.6 Å². The molecule has 0 aromatic carbocycles. The molecule has 1 N–H and O–H groups in total. The maximum atomic E-state index is 4.55. The minimum absolute atomic E-state index is 0.118. The number of hydrogen-bond donors (Lipinski definition) is 1. The molecule has 0 unspecified atom stereocenters. The van der Waals surface area contributed by atoms with Crippen LogP contribution in [0.15, 0.2) is 12.4 Å². The summed E-state index contributed by atoms with van der Waals surface area (Å²) in [5, 5.41) is 3.62. The fourth-order valence-electron chi connectivity index (χ4n) is 2.59. The molecule has 0 radical (unpaired) electrons. The number of piperidine rings is 1. The van der Waals surface area contributed by atoms with Gasteiger partial charge in [0.2, 0.25) is 5.95 Å². The fourth-order valence-corrected chi connectivity index (χ4v) is 2.59. The smallest absolute Gasteiger partial charge is 0.225 e. The highest BCUT2D eigenvalue weighted by Gasteiger charge is 2.22. The van der Waals surface area contributed by atoms with Crippen molar-refractivity contribution in [3.05, 3.63) is 18.0 Å². The third kappa shape index (κ3) is 3.92. The molecular weight excluding hydrogens is 248 g/mol. The Bertz CT molecular complexity index is 411. The van der Waals surface area contributed by atoms with Gasteiger partial charge in [0.1, 0.15) is 0 Å². The van der Waals surface area contributed by atoms with Crippen molar-refractivity contribution in [2.75, 3.05) is 18.0 Å². The van der Waals surface area contributed by atoms with Crippen molar-refractivity contribution in [1.29, 1.82) is 0 Å². The highest BCUT2D eigenvalue weighted by atomic mass is 15.3. The van der Waals surface area contributed by atoms with Crippen molar-refractivity contribution in [3.63, 3.8) is 0 Å². The summed E-state index contributed by atoms with van der Waals surface area (Å²) >= 11 is 0. The van der Waals surface area contributed by atoms with Gasteiger partial charge in [0.25, 0.3) is 0 Å². The van der Waals surface area contributed by atoms with E-state index in [4.69, 9.17) is 0 Å². The molecular formula is C16H28N4. The van der Waals surface area contributed by atoms with Gasteiger partial charge < -0.3 is 10.2 Å². The Kier molecular flexibility index (Phi) is 4.63. The van der Waals surface area contributed by atoms with Crippen LogP contribution < -0.4 is 10.2 Å². The van der Waals surface area contributed by atoms with Crippen LogP contribution in [0.25, 0.3) is 0 Å².